The highest BCUT2D eigenvalue weighted by Crippen LogP contribution is 2.42. The van der Waals surface area contributed by atoms with E-state index in [1.807, 2.05) is 24.3 Å². The summed E-state index contributed by atoms with van der Waals surface area (Å²) in [6.45, 7) is 8.75. The quantitative estimate of drug-likeness (QED) is 0.425. The fourth-order valence-electron chi connectivity index (χ4n) is 7.27. The fraction of sp³-hybridized carbons (Fsp3) is 0.579. The Kier molecular flexibility index (Phi) is 12.4. The highest BCUT2D eigenvalue weighted by atomic mass is 35.5. The lowest BCUT2D eigenvalue weighted by atomic mass is 9.70. The number of benzene rings is 2. The third-order valence-corrected chi connectivity index (χ3v) is 12.3. The first-order valence-corrected chi connectivity index (χ1v) is 20.1. The second kappa shape index (κ2) is 16.8. The van der Waals surface area contributed by atoms with Gasteiger partial charge in [-0.2, -0.15) is 0 Å². The summed E-state index contributed by atoms with van der Waals surface area (Å²) in [6, 6.07) is 10.6. The van der Waals surface area contributed by atoms with E-state index in [4.69, 9.17) is 30.5 Å². The Bertz CT molecular complexity index is 1730. The molecule has 2 fully saturated rings. The van der Waals surface area contributed by atoms with Crippen LogP contribution >= 0.6 is 11.6 Å². The van der Waals surface area contributed by atoms with Gasteiger partial charge in [-0.3, -0.25) is 9.69 Å². The number of methoxy groups -OCH3 is 1. The van der Waals surface area contributed by atoms with Crippen molar-refractivity contribution in [1.29, 1.82) is 0 Å². The zero-order valence-corrected chi connectivity index (χ0v) is 31.9. The standard InChI is InChI=1S/C38H51ClN4O8S/c1-38(2)36(44)40-52(46,47)31-12-14-35-33(24-31)43(15-5-4-7-27-23-30(39)11-9-29(27)26-49-35)25-28-10-13-32(28)34(8-6-21-50-38)51-37(45)42-18-16-41(17-19-42)20-22-48-3/h6,8-9,11-12,14,23-24,28,32,34H,4-5,7,10,13,15-22,25-26H2,1-3H3,(H,40,44)/b8-6+/t28-,32+,34-/m0/s1. The molecule has 3 heterocycles. The van der Waals surface area contributed by atoms with E-state index in [1.165, 1.54) is 19.9 Å². The van der Waals surface area contributed by atoms with Crippen LogP contribution in [0.25, 0.3) is 0 Å². The average Bonchev–Trinajstić information content (AvgIpc) is 3.13. The van der Waals surface area contributed by atoms with Crippen LogP contribution in [0.5, 0.6) is 5.75 Å². The molecule has 1 aliphatic carbocycles. The smallest absolute Gasteiger partial charge is 0.410 e. The predicted molar refractivity (Wildman–Crippen MR) is 198 cm³/mol. The van der Waals surface area contributed by atoms with Gasteiger partial charge in [0.15, 0.2) is 0 Å². The largest absolute Gasteiger partial charge is 0.487 e. The second-order valence-corrected chi connectivity index (χ2v) is 16.7. The number of carbonyl (C=O) groups is 2. The topological polar surface area (TPSA) is 127 Å². The van der Waals surface area contributed by atoms with Crippen LogP contribution in [-0.4, -0.2) is 108 Å². The van der Waals surface area contributed by atoms with Crippen molar-refractivity contribution in [2.45, 2.75) is 69.2 Å². The molecule has 1 saturated heterocycles. The summed E-state index contributed by atoms with van der Waals surface area (Å²) < 4.78 is 53.3. The molecule has 0 spiro atoms. The monoisotopic (exact) mass is 758 g/mol. The summed E-state index contributed by atoms with van der Waals surface area (Å²) in [5.41, 5.74) is 1.32. The van der Waals surface area contributed by atoms with Gasteiger partial charge in [0, 0.05) is 63.9 Å². The van der Waals surface area contributed by atoms with E-state index < -0.39 is 27.6 Å². The number of carbonyl (C=O) groups excluding carboxylic acids is 2. The summed E-state index contributed by atoms with van der Waals surface area (Å²) in [6.07, 6.45) is 7.16. The molecule has 14 heteroatoms. The van der Waals surface area contributed by atoms with Crippen molar-refractivity contribution in [1.82, 2.24) is 14.5 Å². The molecule has 12 nitrogen and oxygen atoms in total. The number of fused-ring (bicyclic) bond motifs is 3. The molecule has 1 saturated carbocycles. The number of ether oxygens (including phenoxy) is 4. The van der Waals surface area contributed by atoms with Gasteiger partial charge in [-0.25, -0.2) is 17.9 Å². The minimum absolute atomic E-state index is 0.0278. The van der Waals surface area contributed by atoms with Crippen molar-refractivity contribution in [2.75, 3.05) is 71.0 Å². The van der Waals surface area contributed by atoms with E-state index in [9.17, 15) is 18.0 Å². The van der Waals surface area contributed by atoms with E-state index in [1.54, 1.807) is 30.2 Å². The van der Waals surface area contributed by atoms with Crippen molar-refractivity contribution >= 4 is 39.3 Å². The molecular formula is C38H51ClN4O8S. The highest BCUT2D eigenvalue weighted by Gasteiger charge is 2.41. The first-order valence-electron chi connectivity index (χ1n) is 18.3. The van der Waals surface area contributed by atoms with Gasteiger partial charge in [-0.15, -0.1) is 0 Å². The number of halogens is 1. The third-order valence-electron chi connectivity index (χ3n) is 10.7. The van der Waals surface area contributed by atoms with Crippen molar-refractivity contribution in [3.8, 4) is 5.75 Å². The second-order valence-electron chi connectivity index (χ2n) is 14.6. The molecule has 6 rings (SSSR count). The molecule has 3 aliphatic heterocycles. The fourth-order valence-corrected chi connectivity index (χ4v) is 8.59. The molecule has 2 amide bonds. The molecule has 0 unspecified atom stereocenters. The zero-order valence-electron chi connectivity index (χ0n) is 30.4. The maximum Gasteiger partial charge on any atom is 0.410 e. The van der Waals surface area contributed by atoms with Gasteiger partial charge in [0.2, 0.25) is 0 Å². The van der Waals surface area contributed by atoms with E-state index >= 15 is 0 Å². The van der Waals surface area contributed by atoms with Crippen LogP contribution in [0, 0.1) is 11.8 Å². The Hall–Kier alpha value is -3.36. The van der Waals surface area contributed by atoms with Crippen molar-refractivity contribution < 1.29 is 37.0 Å². The van der Waals surface area contributed by atoms with Crippen LogP contribution in [0.3, 0.4) is 0 Å². The van der Waals surface area contributed by atoms with Gasteiger partial charge in [0.1, 0.15) is 24.1 Å². The van der Waals surface area contributed by atoms with E-state index in [0.717, 1.165) is 62.9 Å². The van der Waals surface area contributed by atoms with Gasteiger partial charge in [-0.05, 0) is 99.4 Å². The molecule has 0 aromatic heterocycles. The number of piperazine rings is 1. The molecule has 0 radical (unpaired) electrons. The molecule has 284 valence electrons. The maximum atomic E-state index is 13.6. The van der Waals surface area contributed by atoms with E-state index in [-0.39, 0.29) is 36.0 Å². The van der Waals surface area contributed by atoms with Crippen LogP contribution in [0.4, 0.5) is 10.5 Å². The Labute approximate surface area is 312 Å². The van der Waals surface area contributed by atoms with E-state index in [0.29, 0.717) is 49.2 Å². The maximum absolute atomic E-state index is 13.6. The first-order chi connectivity index (χ1) is 24.9. The Morgan fingerprint density at radius 3 is 2.60 bits per heavy atom. The molecular weight excluding hydrogens is 708 g/mol. The number of nitrogens with one attached hydrogen (secondary N) is 1. The number of amides is 2. The summed E-state index contributed by atoms with van der Waals surface area (Å²) in [4.78, 5) is 33.1. The molecule has 2 bridgehead atoms. The molecule has 1 N–H and O–H groups in total. The van der Waals surface area contributed by atoms with Crippen molar-refractivity contribution in [2.24, 2.45) is 11.8 Å². The number of hydrogen-bond donors (Lipinski definition) is 1. The van der Waals surface area contributed by atoms with Gasteiger partial charge in [0.05, 0.1) is 23.8 Å². The number of anilines is 1. The van der Waals surface area contributed by atoms with Crippen LogP contribution in [0.2, 0.25) is 5.02 Å². The third kappa shape index (κ3) is 9.22. The molecule has 52 heavy (non-hydrogen) atoms. The van der Waals surface area contributed by atoms with Crippen LogP contribution in [-0.2, 0) is 42.1 Å². The van der Waals surface area contributed by atoms with Crippen LogP contribution in [0.1, 0.15) is 50.7 Å². The van der Waals surface area contributed by atoms with Crippen molar-refractivity contribution in [3.05, 3.63) is 64.7 Å². The number of aryl methyl sites for hydroxylation is 1. The van der Waals surface area contributed by atoms with Gasteiger partial charge >= 0.3 is 6.09 Å². The minimum Gasteiger partial charge on any atom is -0.487 e. The summed E-state index contributed by atoms with van der Waals surface area (Å²) in [5.74, 6) is -0.0540. The van der Waals surface area contributed by atoms with E-state index in [2.05, 4.69) is 14.5 Å². The lowest BCUT2D eigenvalue weighted by molar-refractivity contribution is -0.139. The van der Waals surface area contributed by atoms with Gasteiger partial charge in [-0.1, -0.05) is 23.7 Å². The van der Waals surface area contributed by atoms with Crippen molar-refractivity contribution in [3.63, 3.8) is 0 Å². The number of nitrogens with zero attached hydrogens (tertiary/aromatic N) is 3. The lowest BCUT2D eigenvalue weighted by Crippen LogP contribution is -2.51. The lowest BCUT2D eigenvalue weighted by Gasteiger charge is -2.44. The Morgan fingerprint density at radius 1 is 1.04 bits per heavy atom. The molecule has 3 atom stereocenters. The summed E-state index contributed by atoms with van der Waals surface area (Å²) in [7, 11) is -2.56. The Morgan fingerprint density at radius 2 is 1.85 bits per heavy atom. The SMILES string of the molecule is COCCN1CCN(C(=O)O[C@H]2/C=C/COC(C)(C)C(=O)NS(=O)(=O)c3ccc4c(c3)N(CCCCc3cc(Cl)ccc3CO4)C[C@@H]3CC[C@H]32)CC1. The highest BCUT2D eigenvalue weighted by molar-refractivity contribution is 7.90. The summed E-state index contributed by atoms with van der Waals surface area (Å²) >= 11 is 6.36. The zero-order chi connectivity index (χ0) is 36.9. The summed E-state index contributed by atoms with van der Waals surface area (Å²) in [5, 5.41) is 0.676. The molecule has 4 aliphatic rings. The van der Waals surface area contributed by atoms with Crippen LogP contribution in [0.15, 0.2) is 53.4 Å². The first kappa shape index (κ1) is 38.4. The molecule has 2 aromatic carbocycles. The minimum atomic E-state index is -4.25. The average molecular weight is 759 g/mol. The number of sulfonamides is 1. The Balaban J connectivity index is 1.30. The van der Waals surface area contributed by atoms with Gasteiger partial charge < -0.3 is 28.7 Å². The number of hydrogen-bond acceptors (Lipinski definition) is 10. The molecule has 2 aromatic rings. The van der Waals surface area contributed by atoms with Crippen LogP contribution < -0.4 is 14.4 Å². The number of rotatable bonds is 4. The predicted octanol–water partition coefficient (Wildman–Crippen LogP) is 5.03. The van der Waals surface area contributed by atoms with Gasteiger partial charge in [0.25, 0.3) is 15.9 Å². The normalized spacial score (nSPS) is 25.9.